The molecule has 9 heteroatoms. The normalized spacial score (nSPS) is 11.2. The molecule has 0 fully saturated rings. The van der Waals surface area contributed by atoms with Crippen molar-refractivity contribution in [3.63, 3.8) is 0 Å². The van der Waals surface area contributed by atoms with Crippen LogP contribution in [-0.2, 0) is 21.2 Å². The molecule has 0 aliphatic rings. The number of carbonyl (C=O) groups is 1. The van der Waals surface area contributed by atoms with E-state index >= 15 is 0 Å². The Bertz CT molecular complexity index is 924. The van der Waals surface area contributed by atoms with Crippen molar-refractivity contribution >= 4 is 27.3 Å². The molecule has 2 N–H and O–H groups in total. The predicted octanol–water partition coefficient (Wildman–Crippen LogP) is 2.38. The fourth-order valence-electron chi connectivity index (χ4n) is 2.28. The van der Waals surface area contributed by atoms with E-state index in [2.05, 4.69) is 10.0 Å². The highest BCUT2D eigenvalue weighted by Gasteiger charge is 2.12. The standard InChI is InChI=1S/C17H19N3O5S/c1-12-3-7-14(20(22)23)11-16(12)19-17(21)10-6-13-4-8-15(9-5-13)26(24,25)18-2/h3-5,7-9,11,18H,6,10H2,1-2H3,(H,19,21). The molecule has 0 aliphatic heterocycles. The quantitative estimate of drug-likeness (QED) is 0.567. The number of amides is 1. The van der Waals surface area contributed by atoms with Crippen LogP contribution >= 0.6 is 0 Å². The number of carbonyl (C=O) groups excluding carboxylic acids is 1. The number of sulfonamides is 1. The molecule has 0 saturated heterocycles. The van der Waals surface area contributed by atoms with Gasteiger partial charge in [-0.25, -0.2) is 13.1 Å². The molecule has 138 valence electrons. The second-order valence-corrected chi connectivity index (χ2v) is 7.54. The van der Waals surface area contributed by atoms with Crippen molar-refractivity contribution in [2.75, 3.05) is 12.4 Å². The molecule has 0 unspecified atom stereocenters. The summed E-state index contributed by atoms with van der Waals surface area (Å²) in [4.78, 5) is 22.6. The lowest BCUT2D eigenvalue weighted by Gasteiger charge is -2.09. The van der Waals surface area contributed by atoms with Crippen molar-refractivity contribution in [3.05, 3.63) is 63.7 Å². The summed E-state index contributed by atoms with van der Waals surface area (Å²) in [5, 5.41) is 13.5. The number of hydrogen-bond donors (Lipinski definition) is 2. The minimum Gasteiger partial charge on any atom is -0.326 e. The van der Waals surface area contributed by atoms with Crippen molar-refractivity contribution in [3.8, 4) is 0 Å². The first-order valence-electron chi connectivity index (χ1n) is 7.80. The Hall–Kier alpha value is -2.78. The molecule has 2 aromatic rings. The molecule has 2 rings (SSSR count). The van der Waals surface area contributed by atoms with Gasteiger partial charge < -0.3 is 5.32 Å². The first kappa shape index (κ1) is 19.5. The van der Waals surface area contributed by atoms with Crippen molar-refractivity contribution in [1.29, 1.82) is 0 Å². The summed E-state index contributed by atoms with van der Waals surface area (Å²) in [7, 11) is -2.15. The van der Waals surface area contributed by atoms with Crippen LogP contribution in [0.5, 0.6) is 0 Å². The van der Waals surface area contributed by atoms with Gasteiger partial charge in [-0.15, -0.1) is 0 Å². The molecule has 1 amide bonds. The summed E-state index contributed by atoms with van der Waals surface area (Å²) < 4.78 is 25.6. The highest BCUT2D eigenvalue weighted by molar-refractivity contribution is 7.89. The Labute approximate surface area is 151 Å². The Morgan fingerprint density at radius 1 is 1.15 bits per heavy atom. The Balaban J connectivity index is 1.99. The molecular weight excluding hydrogens is 358 g/mol. The van der Waals surface area contributed by atoms with Crippen molar-refractivity contribution < 1.29 is 18.1 Å². The van der Waals surface area contributed by atoms with Crippen LogP contribution in [0.2, 0.25) is 0 Å². The van der Waals surface area contributed by atoms with Gasteiger partial charge in [0, 0.05) is 18.6 Å². The highest BCUT2D eigenvalue weighted by atomic mass is 32.2. The third-order valence-corrected chi connectivity index (χ3v) is 5.28. The summed E-state index contributed by atoms with van der Waals surface area (Å²) in [5.74, 6) is -0.277. The maximum Gasteiger partial charge on any atom is 0.271 e. The van der Waals surface area contributed by atoms with Crippen LogP contribution in [0.4, 0.5) is 11.4 Å². The van der Waals surface area contributed by atoms with Gasteiger partial charge in [0.15, 0.2) is 0 Å². The average Bonchev–Trinajstić information content (AvgIpc) is 2.62. The number of rotatable bonds is 7. The fourth-order valence-corrected chi connectivity index (χ4v) is 3.01. The lowest BCUT2D eigenvalue weighted by molar-refractivity contribution is -0.384. The third kappa shape index (κ3) is 4.87. The van der Waals surface area contributed by atoms with Crippen molar-refractivity contribution in [1.82, 2.24) is 4.72 Å². The number of aryl methyl sites for hydroxylation is 2. The van der Waals surface area contributed by atoms with Crippen LogP contribution in [0, 0.1) is 17.0 Å². The van der Waals surface area contributed by atoms with Gasteiger partial charge in [0.1, 0.15) is 0 Å². The maximum atomic E-state index is 12.1. The summed E-state index contributed by atoms with van der Waals surface area (Å²) in [5.41, 5.74) is 1.85. The highest BCUT2D eigenvalue weighted by Crippen LogP contribution is 2.22. The van der Waals surface area contributed by atoms with Crippen LogP contribution in [-0.4, -0.2) is 26.3 Å². The lowest BCUT2D eigenvalue weighted by Crippen LogP contribution is -2.18. The molecule has 26 heavy (non-hydrogen) atoms. The molecule has 0 radical (unpaired) electrons. The van der Waals surface area contributed by atoms with E-state index in [9.17, 15) is 23.3 Å². The zero-order valence-corrected chi connectivity index (χ0v) is 15.2. The molecule has 0 saturated carbocycles. The van der Waals surface area contributed by atoms with Crippen LogP contribution in [0.3, 0.4) is 0 Å². The zero-order chi connectivity index (χ0) is 19.3. The molecule has 0 bridgehead atoms. The minimum absolute atomic E-state index is 0.0905. The monoisotopic (exact) mass is 377 g/mol. The second-order valence-electron chi connectivity index (χ2n) is 5.66. The summed E-state index contributed by atoms with van der Waals surface area (Å²) >= 11 is 0. The van der Waals surface area contributed by atoms with E-state index in [1.54, 1.807) is 25.1 Å². The summed E-state index contributed by atoms with van der Waals surface area (Å²) in [6.45, 7) is 1.75. The van der Waals surface area contributed by atoms with Gasteiger partial charge in [-0.3, -0.25) is 14.9 Å². The third-order valence-electron chi connectivity index (χ3n) is 3.85. The largest absolute Gasteiger partial charge is 0.326 e. The van der Waals surface area contributed by atoms with Gasteiger partial charge in [-0.05, 0) is 43.7 Å². The Morgan fingerprint density at radius 2 is 1.81 bits per heavy atom. The zero-order valence-electron chi connectivity index (χ0n) is 14.4. The van der Waals surface area contributed by atoms with Crippen molar-refractivity contribution in [2.45, 2.75) is 24.7 Å². The van der Waals surface area contributed by atoms with Gasteiger partial charge in [-0.1, -0.05) is 18.2 Å². The molecule has 2 aromatic carbocycles. The van der Waals surface area contributed by atoms with Crippen LogP contribution in [0.1, 0.15) is 17.5 Å². The van der Waals surface area contributed by atoms with E-state index in [0.29, 0.717) is 12.1 Å². The topological polar surface area (TPSA) is 118 Å². The van der Waals surface area contributed by atoms with E-state index in [4.69, 9.17) is 0 Å². The number of anilines is 1. The van der Waals surface area contributed by atoms with E-state index in [-0.39, 0.29) is 22.9 Å². The molecule has 0 spiro atoms. The minimum atomic E-state index is -3.49. The van der Waals surface area contributed by atoms with E-state index in [1.165, 1.54) is 31.3 Å². The van der Waals surface area contributed by atoms with E-state index in [0.717, 1.165) is 11.1 Å². The molecule has 0 aromatic heterocycles. The van der Waals surface area contributed by atoms with E-state index < -0.39 is 14.9 Å². The number of hydrogen-bond acceptors (Lipinski definition) is 5. The second kappa shape index (κ2) is 8.07. The number of nitro benzene ring substituents is 1. The molecule has 0 aliphatic carbocycles. The number of benzene rings is 2. The van der Waals surface area contributed by atoms with Crippen LogP contribution in [0.15, 0.2) is 47.4 Å². The van der Waals surface area contributed by atoms with Gasteiger partial charge in [-0.2, -0.15) is 0 Å². The summed E-state index contributed by atoms with van der Waals surface area (Å²) in [6.07, 6.45) is 0.583. The number of nitrogens with one attached hydrogen (secondary N) is 2. The number of nitro groups is 1. The first-order chi connectivity index (χ1) is 12.2. The molecular formula is C17H19N3O5S. The van der Waals surface area contributed by atoms with Gasteiger partial charge in [0.25, 0.3) is 5.69 Å². The predicted molar refractivity (Wildman–Crippen MR) is 97.5 cm³/mol. The maximum absolute atomic E-state index is 12.1. The van der Waals surface area contributed by atoms with Crippen LogP contribution < -0.4 is 10.0 Å². The van der Waals surface area contributed by atoms with Gasteiger partial charge in [0.2, 0.25) is 15.9 Å². The number of non-ortho nitro benzene ring substituents is 1. The molecule has 0 atom stereocenters. The van der Waals surface area contributed by atoms with Crippen molar-refractivity contribution in [2.24, 2.45) is 0 Å². The Morgan fingerprint density at radius 3 is 2.38 bits per heavy atom. The smallest absolute Gasteiger partial charge is 0.271 e. The van der Waals surface area contributed by atoms with Crippen LogP contribution in [0.25, 0.3) is 0 Å². The Kier molecular flexibility index (Phi) is 6.06. The SMILES string of the molecule is CNS(=O)(=O)c1ccc(CCC(=O)Nc2cc([N+](=O)[O-])ccc2C)cc1. The summed E-state index contributed by atoms with van der Waals surface area (Å²) in [6, 6.07) is 10.5. The fraction of sp³-hybridized carbons (Fsp3) is 0.235. The van der Waals surface area contributed by atoms with Gasteiger partial charge >= 0.3 is 0 Å². The lowest BCUT2D eigenvalue weighted by atomic mass is 10.1. The number of nitrogens with zero attached hydrogens (tertiary/aromatic N) is 1. The van der Waals surface area contributed by atoms with E-state index in [1.807, 2.05) is 0 Å². The molecule has 8 nitrogen and oxygen atoms in total. The first-order valence-corrected chi connectivity index (χ1v) is 9.28. The average molecular weight is 377 g/mol. The van der Waals surface area contributed by atoms with Gasteiger partial charge in [0.05, 0.1) is 15.5 Å². The molecule has 0 heterocycles.